The molecule has 2 aromatic rings. The van der Waals surface area contributed by atoms with Gasteiger partial charge < -0.3 is 5.73 Å². The highest BCUT2D eigenvalue weighted by molar-refractivity contribution is 9.10. The number of nitrogens with two attached hydrogens (primary N) is 2. The first-order valence-electron chi connectivity index (χ1n) is 6.83. The summed E-state index contributed by atoms with van der Waals surface area (Å²) in [5.41, 5.74) is 7.33. The van der Waals surface area contributed by atoms with Gasteiger partial charge in [-0.1, -0.05) is 28.1 Å². The molecule has 1 aliphatic rings. The van der Waals surface area contributed by atoms with Crippen molar-refractivity contribution in [2.75, 3.05) is 10.7 Å². The fraction of sp³-hybridized carbons (Fsp3) is 0.200. The lowest BCUT2D eigenvalue weighted by molar-refractivity contribution is -0.134. The van der Waals surface area contributed by atoms with Crippen LogP contribution in [-0.2, 0) is 9.59 Å². The Balaban J connectivity index is 2.08. The summed E-state index contributed by atoms with van der Waals surface area (Å²) in [4.78, 5) is 23.3. The minimum absolute atomic E-state index is 0.269. The molecule has 6 nitrogen and oxygen atoms in total. The molecular weight excluding hydrogens is 348 g/mol. The summed E-state index contributed by atoms with van der Waals surface area (Å²) >= 11 is 3.49. The predicted octanol–water partition coefficient (Wildman–Crippen LogP) is 1.67. The van der Waals surface area contributed by atoms with Crippen LogP contribution in [0.5, 0.6) is 0 Å². The molecule has 0 radical (unpaired) electrons. The Bertz CT molecular complexity index is 777. The van der Waals surface area contributed by atoms with Crippen molar-refractivity contribution in [3.63, 3.8) is 0 Å². The van der Waals surface area contributed by atoms with Crippen molar-refractivity contribution in [1.82, 2.24) is 5.32 Å². The van der Waals surface area contributed by atoms with Crippen molar-refractivity contribution in [3.8, 4) is 0 Å². The van der Waals surface area contributed by atoms with E-state index in [0.29, 0.717) is 17.8 Å². The van der Waals surface area contributed by atoms with E-state index in [4.69, 9.17) is 11.6 Å². The molecule has 5 N–H and O–H groups in total. The topological polar surface area (TPSA) is 101 Å². The number of amides is 2. The number of hydrazine groups is 1. The van der Waals surface area contributed by atoms with Crippen molar-refractivity contribution in [3.05, 3.63) is 34.8 Å². The van der Waals surface area contributed by atoms with Crippen molar-refractivity contribution in [2.24, 2.45) is 5.84 Å². The summed E-state index contributed by atoms with van der Waals surface area (Å²) in [7, 11) is 0. The summed E-state index contributed by atoms with van der Waals surface area (Å²) in [5, 5.41) is 5.41. The number of benzene rings is 2. The number of fused-ring (bicyclic) bond motifs is 1. The van der Waals surface area contributed by atoms with Crippen LogP contribution in [0.15, 0.2) is 34.8 Å². The van der Waals surface area contributed by atoms with Crippen LogP contribution < -0.4 is 21.9 Å². The molecule has 0 bridgehead atoms. The third kappa shape index (κ3) is 2.42. The van der Waals surface area contributed by atoms with Gasteiger partial charge in [-0.2, -0.15) is 0 Å². The van der Waals surface area contributed by atoms with Crippen LogP contribution in [-0.4, -0.2) is 17.9 Å². The smallest absolute Gasteiger partial charge is 0.250 e. The zero-order valence-corrected chi connectivity index (χ0v) is 13.3. The lowest BCUT2D eigenvalue weighted by atomic mass is 10.0. The molecule has 1 aliphatic heterocycles. The number of piperidine rings is 1. The first-order chi connectivity index (χ1) is 10.5. The van der Waals surface area contributed by atoms with Crippen molar-refractivity contribution >= 4 is 49.9 Å². The molecule has 1 heterocycles. The summed E-state index contributed by atoms with van der Waals surface area (Å²) in [6, 6.07) is 8.66. The van der Waals surface area contributed by atoms with E-state index in [-0.39, 0.29) is 18.2 Å². The van der Waals surface area contributed by atoms with Crippen LogP contribution in [0.4, 0.5) is 11.4 Å². The molecule has 114 valence electrons. The second-order valence-corrected chi connectivity index (χ2v) is 6.06. The van der Waals surface area contributed by atoms with Gasteiger partial charge in [-0.3, -0.25) is 19.9 Å². The molecule has 2 amide bonds. The Labute approximate surface area is 135 Å². The van der Waals surface area contributed by atoms with E-state index < -0.39 is 6.04 Å². The number of hydrogen-bond donors (Lipinski definition) is 3. The van der Waals surface area contributed by atoms with Crippen molar-refractivity contribution in [2.45, 2.75) is 18.9 Å². The van der Waals surface area contributed by atoms with E-state index in [9.17, 15) is 9.59 Å². The van der Waals surface area contributed by atoms with Gasteiger partial charge in [0, 0.05) is 27.4 Å². The highest BCUT2D eigenvalue weighted by Crippen LogP contribution is 2.36. The summed E-state index contributed by atoms with van der Waals surface area (Å²) in [6.07, 6.45) is 0.652. The maximum Gasteiger partial charge on any atom is 0.250 e. The van der Waals surface area contributed by atoms with Crippen LogP contribution in [0, 0.1) is 0 Å². The van der Waals surface area contributed by atoms with Gasteiger partial charge in [-0.25, -0.2) is 5.84 Å². The minimum Gasteiger partial charge on any atom is -0.398 e. The highest BCUT2D eigenvalue weighted by atomic mass is 79.9. The van der Waals surface area contributed by atoms with E-state index in [1.165, 1.54) is 5.01 Å². The Morgan fingerprint density at radius 3 is 2.73 bits per heavy atom. The normalized spacial score (nSPS) is 18.4. The molecule has 1 saturated heterocycles. The van der Waals surface area contributed by atoms with E-state index in [1.54, 1.807) is 6.07 Å². The third-order valence-corrected chi connectivity index (χ3v) is 4.51. The fourth-order valence-corrected chi connectivity index (χ4v) is 3.17. The highest BCUT2D eigenvalue weighted by Gasteiger charge is 2.31. The third-order valence-electron chi connectivity index (χ3n) is 3.82. The lowest BCUT2D eigenvalue weighted by Gasteiger charge is -2.31. The van der Waals surface area contributed by atoms with Crippen molar-refractivity contribution < 1.29 is 9.59 Å². The van der Waals surface area contributed by atoms with E-state index in [2.05, 4.69) is 21.2 Å². The number of halogens is 1. The second kappa shape index (κ2) is 5.58. The maximum absolute atomic E-state index is 12.0. The summed E-state index contributed by atoms with van der Waals surface area (Å²) in [5.74, 6) is 5.53. The number of rotatable bonds is 2. The van der Waals surface area contributed by atoms with Gasteiger partial charge in [0.25, 0.3) is 5.91 Å². The Kier molecular flexibility index (Phi) is 3.76. The van der Waals surface area contributed by atoms with E-state index >= 15 is 0 Å². The number of imide groups is 1. The van der Waals surface area contributed by atoms with Crippen LogP contribution in [0.25, 0.3) is 10.8 Å². The summed E-state index contributed by atoms with van der Waals surface area (Å²) < 4.78 is 0.898. The molecule has 1 atom stereocenters. The van der Waals surface area contributed by atoms with Crippen molar-refractivity contribution in [1.29, 1.82) is 0 Å². The fourth-order valence-electron chi connectivity index (χ4n) is 2.71. The largest absolute Gasteiger partial charge is 0.398 e. The maximum atomic E-state index is 12.0. The SMILES string of the molecule is Nc1ccc(Br)c2cccc(N(N)C3CCC(=O)NC3=O)c12. The first kappa shape index (κ1) is 14.8. The van der Waals surface area contributed by atoms with Gasteiger partial charge in [0.2, 0.25) is 5.91 Å². The second-order valence-electron chi connectivity index (χ2n) is 5.21. The Morgan fingerprint density at radius 2 is 2.00 bits per heavy atom. The van der Waals surface area contributed by atoms with E-state index in [1.807, 2.05) is 24.3 Å². The lowest BCUT2D eigenvalue weighted by Crippen LogP contribution is -2.55. The number of anilines is 2. The van der Waals surface area contributed by atoms with Gasteiger partial charge in [0.1, 0.15) is 6.04 Å². The van der Waals surface area contributed by atoms with Gasteiger partial charge in [0.05, 0.1) is 5.69 Å². The summed E-state index contributed by atoms with van der Waals surface area (Å²) in [6.45, 7) is 0. The van der Waals surface area contributed by atoms with Crippen LogP contribution in [0.3, 0.4) is 0 Å². The zero-order valence-electron chi connectivity index (χ0n) is 11.7. The van der Waals surface area contributed by atoms with Crippen LogP contribution in [0.2, 0.25) is 0 Å². The van der Waals surface area contributed by atoms with Gasteiger partial charge in [-0.15, -0.1) is 0 Å². The van der Waals surface area contributed by atoms with Gasteiger partial charge in [-0.05, 0) is 24.6 Å². The van der Waals surface area contributed by atoms with Crippen LogP contribution >= 0.6 is 15.9 Å². The number of nitrogens with zero attached hydrogens (tertiary/aromatic N) is 1. The average Bonchev–Trinajstić information content (AvgIpc) is 2.50. The zero-order chi connectivity index (χ0) is 15.9. The van der Waals surface area contributed by atoms with Gasteiger partial charge in [0.15, 0.2) is 0 Å². The molecule has 0 aromatic heterocycles. The molecule has 3 rings (SSSR count). The number of carbonyl (C=O) groups excluding carboxylic acids is 2. The number of hydrogen-bond acceptors (Lipinski definition) is 5. The van der Waals surface area contributed by atoms with Gasteiger partial charge >= 0.3 is 0 Å². The standard InChI is InChI=1S/C15H15BrN4O2/c16-9-4-5-10(17)14-8(9)2-1-3-11(14)20(18)12-6-7-13(21)19-15(12)22/h1-5,12H,6-7,17-18H2,(H,19,21,22). The molecule has 22 heavy (non-hydrogen) atoms. The van der Waals surface area contributed by atoms with Crippen LogP contribution in [0.1, 0.15) is 12.8 Å². The minimum atomic E-state index is -0.596. The Hall–Kier alpha value is -2.12. The molecular formula is C15H15BrN4O2. The average molecular weight is 363 g/mol. The first-order valence-corrected chi connectivity index (χ1v) is 7.62. The van der Waals surface area contributed by atoms with E-state index in [0.717, 1.165) is 15.2 Å². The number of nitrogens with one attached hydrogen (secondary N) is 1. The quantitative estimate of drug-likeness (QED) is 0.326. The molecule has 2 aromatic carbocycles. The monoisotopic (exact) mass is 362 g/mol. The number of carbonyl (C=O) groups is 2. The molecule has 1 unspecified atom stereocenters. The molecule has 7 heteroatoms. The Morgan fingerprint density at radius 1 is 1.23 bits per heavy atom. The molecule has 0 aliphatic carbocycles. The molecule has 1 fully saturated rings. The molecule has 0 spiro atoms. The predicted molar refractivity (Wildman–Crippen MR) is 88.9 cm³/mol. The number of nitrogen functional groups attached to an aromatic ring is 1. The molecule has 0 saturated carbocycles.